The minimum atomic E-state index is -4.20. The number of primary sulfonamides is 1. The Morgan fingerprint density at radius 2 is 1.84 bits per heavy atom. The maximum Gasteiger partial charge on any atom is 0.227 e. The average Bonchev–Trinajstić information content (AvgIpc) is 2.38. The molecule has 0 spiro atoms. The van der Waals surface area contributed by atoms with E-state index < -0.39 is 25.9 Å². The zero-order valence-electron chi connectivity index (χ0n) is 9.86. The Morgan fingerprint density at radius 1 is 1.21 bits per heavy atom. The lowest BCUT2D eigenvalue weighted by Gasteiger charge is -2.31. The lowest BCUT2D eigenvalue weighted by molar-refractivity contribution is 0.0960. The van der Waals surface area contributed by atoms with Crippen molar-refractivity contribution >= 4 is 27.4 Å². The molecular weight excluding hydrogens is 286 g/mol. The van der Waals surface area contributed by atoms with E-state index in [2.05, 4.69) is 0 Å². The molecule has 4 nitrogen and oxygen atoms in total. The van der Waals surface area contributed by atoms with Gasteiger partial charge in [-0.2, -0.15) is 0 Å². The van der Waals surface area contributed by atoms with Gasteiger partial charge >= 0.3 is 0 Å². The normalized spacial score (nSPS) is 26.3. The second kappa shape index (κ2) is 4.92. The molecule has 1 aromatic carbocycles. The van der Waals surface area contributed by atoms with E-state index in [-0.39, 0.29) is 5.56 Å². The van der Waals surface area contributed by atoms with Crippen LogP contribution in [0, 0.1) is 0 Å². The molecule has 2 atom stereocenters. The summed E-state index contributed by atoms with van der Waals surface area (Å²) in [6, 6.07) is 8.09. The number of alkyl halides is 1. The Morgan fingerprint density at radius 3 is 2.37 bits per heavy atom. The highest BCUT2D eigenvalue weighted by atomic mass is 35.5. The monoisotopic (exact) mass is 297 g/mol. The standard InChI is InChI=1S/C13H12ClNO3S/c14-11-8-4-5-9-13(11,19(15,17)18)12(16)10-6-2-1-3-7-10/h1-9,11H,(H2,15,17,18). The van der Waals surface area contributed by atoms with Crippen LogP contribution in [0.5, 0.6) is 0 Å². The van der Waals surface area contributed by atoms with Gasteiger partial charge in [0.15, 0.2) is 10.5 Å². The maximum atomic E-state index is 12.6. The Balaban J connectivity index is 2.62. The summed E-state index contributed by atoms with van der Waals surface area (Å²) in [5.74, 6) is -0.629. The third-order valence-corrected chi connectivity index (χ3v) is 5.14. The molecule has 2 N–H and O–H groups in total. The lowest BCUT2D eigenvalue weighted by Crippen LogP contribution is -2.55. The van der Waals surface area contributed by atoms with Crippen LogP contribution in [0.15, 0.2) is 54.6 Å². The van der Waals surface area contributed by atoms with Gasteiger partial charge in [0.2, 0.25) is 10.0 Å². The molecule has 0 aromatic heterocycles. The van der Waals surface area contributed by atoms with Crippen LogP contribution in [-0.4, -0.2) is 24.3 Å². The van der Waals surface area contributed by atoms with Crippen molar-refractivity contribution in [3.63, 3.8) is 0 Å². The molecular formula is C13H12ClNO3S. The third-order valence-electron chi connectivity index (χ3n) is 3.01. The van der Waals surface area contributed by atoms with Gasteiger partial charge < -0.3 is 0 Å². The first-order valence-corrected chi connectivity index (χ1v) is 7.50. The summed E-state index contributed by atoms with van der Waals surface area (Å²) in [7, 11) is -4.20. The largest absolute Gasteiger partial charge is 0.292 e. The van der Waals surface area contributed by atoms with Crippen LogP contribution in [-0.2, 0) is 10.0 Å². The topological polar surface area (TPSA) is 77.2 Å². The molecule has 0 saturated carbocycles. The molecule has 0 saturated heterocycles. The summed E-state index contributed by atoms with van der Waals surface area (Å²) < 4.78 is 21.9. The molecule has 100 valence electrons. The van der Waals surface area contributed by atoms with E-state index in [9.17, 15) is 13.2 Å². The number of allylic oxidation sites excluding steroid dienone is 3. The van der Waals surface area contributed by atoms with E-state index in [1.54, 1.807) is 24.3 Å². The fourth-order valence-corrected chi connectivity index (χ4v) is 3.66. The number of rotatable bonds is 3. The van der Waals surface area contributed by atoms with E-state index in [0.29, 0.717) is 0 Å². The highest BCUT2D eigenvalue weighted by molar-refractivity contribution is 7.91. The fraction of sp³-hybridized carbons (Fsp3) is 0.154. The molecule has 2 unspecified atom stereocenters. The van der Waals surface area contributed by atoms with E-state index in [0.717, 1.165) is 0 Å². The van der Waals surface area contributed by atoms with Crippen LogP contribution in [0.3, 0.4) is 0 Å². The first-order valence-electron chi connectivity index (χ1n) is 5.52. The Hall–Kier alpha value is -1.43. The van der Waals surface area contributed by atoms with Crippen LogP contribution in [0.1, 0.15) is 10.4 Å². The molecule has 1 aromatic rings. The van der Waals surface area contributed by atoms with Crippen LogP contribution in [0.2, 0.25) is 0 Å². The zero-order chi connectivity index (χ0) is 14.1. The molecule has 6 heteroatoms. The smallest absolute Gasteiger partial charge is 0.227 e. The maximum absolute atomic E-state index is 12.6. The number of Topliss-reactive ketones (excluding diaryl/α,β-unsaturated/α-hetero) is 1. The fourth-order valence-electron chi connectivity index (χ4n) is 1.99. The number of hydrogen-bond donors (Lipinski definition) is 1. The first kappa shape index (κ1) is 14.0. The van der Waals surface area contributed by atoms with Crippen molar-refractivity contribution in [1.82, 2.24) is 0 Å². The number of sulfonamides is 1. The molecule has 1 aliphatic rings. The summed E-state index contributed by atoms with van der Waals surface area (Å²) in [5, 5.41) is 4.21. The molecule has 0 heterocycles. The second-order valence-corrected chi connectivity index (χ2v) is 6.41. The van der Waals surface area contributed by atoms with Crippen LogP contribution in [0.4, 0.5) is 0 Å². The molecule has 0 aliphatic heterocycles. The van der Waals surface area contributed by atoms with E-state index in [1.165, 1.54) is 30.4 Å². The van der Waals surface area contributed by atoms with Gasteiger partial charge in [-0.3, -0.25) is 4.79 Å². The number of carbonyl (C=O) groups is 1. The summed E-state index contributed by atoms with van der Waals surface area (Å²) >= 11 is 6.05. The van der Waals surface area contributed by atoms with Crippen molar-refractivity contribution in [2.75, 3.05) is 0 Å². The van der Waals surface area contributed by atoms with Crippen molar-refractivity contribution in [3.05, 3.63) is 60.2 Å². The van der Waals surface area contributed by atoms with Gasteiger partial charge in [-0.05, 0) is 0 Å². The van der Waals surface area contributed by atoms with Gasteiger partial charge in [0, 0.05) is 5.56 Å². The number of hydrogen-bond acceptors (Lipinski definition) is 3. The van der Waals surface area contributed by atoms with Gasteiger partial charge in [-0.15, -0.1) is 11.6 Å². The molecule has 1 aliphatic carbocycles. The number of nitrogens with two attached hydrogens (primary N) is 1. The van der Waals surface area contributed by atoms with Crippen molar-refractivity contribution in [1.29, 1.82) is 0 Å². The van der Waals surface area contributed by atoms with Crippen LogP contribution in [0.25, 0.3) is 0 Å². The zero-order valence-corrected chi connectivity index (χ0v) is 11.4. The highest BCUT2D eigenvalue weighted by Gasteiger charge is 2.52. The molecule has 0 radical (unpaired) electrons. The van der Waals surface area contributed by atoms with Crippen molar-refractivity contribution in [2.45, 2.75) is 10.1 Å². The second-order valence-electron chi connectivity index (χ2n) is 4.18. The minimum absolute atomic E-state index is 0.252. The van der Waals surface area contributed by atoms with Gasteiger partial charge in [-0.25, -0.2) is 13.6 Å². The van der Waals surface area contributed by atoms with E-state index >= 15 is 0 Å². The van der Waals surface area contributed by atoms with E-state index in [4.69, 9.17) is 16.7 Å². The predicted molar refractivity (Wildman–Crippen MR) is 74.5 cm³/mol. The summed E-state index contributed by atoms with van der Waals surface area (Å²) in [5.41, 5.74) is 0.252. The van der Waals surface area contributed by atoms with Gasteiger partial charge in [0.1, 0.15) is 0 Å². The van der Waals surface area contributed by atoms with Gasteiger partial charge in [0.25, 0.3) is 0 Å². The third kappa shape index (κ3) is 2.25. The molecule has 0 fully saturated rings. The van der Waals surface area contributed by atoms with Crippen molar-refractivity contribution < 1.29 is 13.2 Å². The Kier molecular flexibility index (Phi) is 3.62. The SMILES string of the molecule is NS(=O)(=O)C1(C(=O)c2ccccc2)C=CC=CC1Cl. The van der Waals surface area contributed by atoms with Crippen molar-refractivity contribution in [2.24, 2.45) is 5.14 Å². The Labute approximate surface area is 116 Å². The predicted octanol–water partition coefficient (Wildman–Crippen LogP) is 1.63. The minimum Gasteiger partial charge on any atom is -0.292 e. The summed E-state index contributed by atoms with van der Waals surface area (Å²) in [6.45, 7) is 0. The van der Waals surface area contributed by atoms with E-state index in [1.807, 2.05) is 0 Å². The van der Waals surface area contributed by atoms with Crippen molar-refractivity contribution in [3.8, 4) is 0 Å². The number of ketones is 1. The molecule has 19 heavy (non-hydrogen) atoms. The summed E-state index contributed by atoms with van der Waals surface area (Å²) in [6.07, 6.45) is 5.73. The highest BCUT2D eigenvalue weighted by Crippen LogP contribution is 2.33. The number of benzene rings is 1. The average molecular weight is 298 g/mol. The molecule has 2 rings (SSSR count). The first-order chi connectivity index (χ1) is 8.89. The quantitative estimate of drug-likeness (QED) is 0.680. The molecule has 0 amide bonds. The van der Waals surface area contributed by atoms with Crippen LogP contribution >= 0.6 is 11.6 Å². The van der Waals surface area contributed by atoms with Gasteiger partial charge in [0.05, 0.1) is 5.38 Å². The number of halogens is 1. The molecule has 0 bridgehead atoms. The Bertz CT molecular complexity index is 652. The van der Waals surface area contributed by atoms with Gasteiger partial charge in [-0.1, -0.05) is 54.6 Å². The number of carbonyl (C=O) groups excluding carboxylic acids is 1. The van der Waals surface area contributed by atoms with Crippen LogP contribution < -0.4 is 5.14 Å². The lowest BCUT2D eigenvalue weighted by atomic mass is 9.90. The summed E-state index contributed by atoms with van der Waals surface area (Å²) in [4.78, 5) is 12.6.